The zero-order valence-corrected chi connectivity index (χ0v) is 8.62. The summed E-state index contributed by atoms with van der Waals surface area (Å²) in [5, 5.41) is 3.15. The maximum Gasteiger partial charge on any atom is 0.394 e. The molecule has 1 rings (SSSR count). The average Bonchev–Trinajstić information content (AvgIpc) is 2.63. The molecular formula is C10H16N2O2. The Balaban J connectivity index is 2.34. The summed E-state index contributed by atoms with van der Waals surface area (Å²) in [4.78, 5) is 4.13. The van der Waals surface area contributed by atoms with E-state index in [-0.39, 0.29) is 0 Å². The molecule has 1 N–H and O–H groups in total. The molecule has 0 amide bonds. The van der Waals surface area contributed by atoms with E-state index < -0.39 is 0 Å². The second-order valence-corrected chi connectivity index (χ2v) is 2.77. The van der Waals surface area contributed by atoms with E-state index in [4.69, 9.17) is 9.15 Å². The Morgan fingerprint density at radius 1 is 1.64 bits per heavy atom. The van der Waals surface area contributed by atoms with Crippen molar-refractivity contribution in [3.63, 3.8) is 0 Å². The first-order valence-electron chi connectivity index (χ1n) is 4.76. The van der Waals surface area contributed by atoms with Crippen molar-refractivity contribution >= 4 is 0 Å². The van der Waals surface area contributed by atoms with Crippen molar-refractivity contribution in [2.45, 2.75) is 20.4 Å². The molecule has 14 heavy (non-hydrogen) atoms. The van der Waals surface area contributed by atoms with Crippen LogP contribution in [0, 0.1) is 0 Å². The minimum Gasteiger partial charge on any atom is -0.446 e. The molecule has 0 radical (unpaired) electrons. The smallest absolute Gasteiger partial charge is 0.394 e. The van der Waals surface area contributed by atoms with Crippen LogP contribution in [-0.4, -0.2) is 18.1 Å². The first-order valence-corrected chi connectivity index (χ1v) is 4.76. The van der Waals surface area contributed by atoms with Gasteiger partial charge in [0.05, 0.1) is 5.69 Å². The summed E-state index contributed by atoms with van der Waals surface area (Å²) in [5.74, 6) is 0. The summed E-state index contributed by atoms with van der Waals surface area (Å²) >= 11 is 0. The van der Waals surface area contributed by atoms with Crippen molar-refractivity contribution in [3.8, 4) is 6.08 Å². The first-order chi connectivity index (χ1) is 6.86. The Kier molecular flexibility index (Phi) is 4.78. The van der Waals surface area contributed by atoms with Crippen LogP contribution in [0.3, 0.4) is 0 Å². The van der Waals surface area contributed by atoms with Gasteiger partial charge in [-0.05, 0) is 13.5 Å². The number of oxazole rings is 1. The van der Waals surface area contributed by atoms with E-state index in [9.17, 15) is 0 Å². The van der Waals surface area contributed by atoms with Gasteiger partial charge in [0.15, 0.2) is 0 Å². The summed E-state index contributed by atoms with van der Waals surface area (Å²) in [5.41, 5.74) is 0.863. The number of ether oxygens (including phenoxy) is 1. The normalized spacial score (nSPS) is 11.0. The lowest BCUT2D eigenvalue weighted by Crippen LogP contribution is -2.11. The molecule has 0 aliphatic carbocycles. The summed E-state index contributed by atoms with van der Waals surface area (Å²) in [6, 6.07) is 0. The molecule has 0 spiro atoms. The van der Waals surface area contributed by atoms with Gasteiger partial charge in [-0.25, -0.2) is 0 Å². The molecule has 0 bridgehead atoms. The number of hydrogen-bond donors (Lipinski definition) is 1. The number of aromatic nitrogens is 1. The standard InChI is InChI=1S/C10H16N2O2/c1-3-5-6-13-10-12-9(8-14-10)7-11-4-2/h3,5,8,11H,4,6-7H2,1-2H3/b5-3+. The predicted octanol–water partition coefficient (Wildman–Crippen LogP) is 1.74. The van der Waals surface area contributed by atoms with Crippen molar-refractivity contribution in [1.82, 2.24) is 10.3 Å². The predicted molar refractivity (Wildman–Crippen MR) is 54.2 cm³/mol. The highest BCUT2D eigenvalue weighted by atomic mass is 16.6. The van der Waals surface area contributed by atoms with E-state index in [2.05, 4.69) is 10.3 Å². The third-order valence-corrected chi connectivity index (χ3v) is 1.63. The van der Waals surface area contributed by atoms with Gasteiger partial charge in [-0.1, -0.05) is 19.1 Å². The lowest BCUT2D eigenvalue weighted by molar-refractivity contribution is 0.258. The largest absolute Gasteiger partial charge is 0.446 e. The minimum absolute atomic E-state index is 0.330. The van der Waals surface area contributed by atoms with Gasteiger partial charge in [-0.15, -0.1) is 0 Å². The molecule has 0 saturated heterocycles. The molecule has 1 aromatic rings. The summed E-state index contributed by atoms with van der Waals surface area (Å²) < 4.78 is 10.3. The van der Waals surface area contributed by atoms with Crippen molar-refractivity contribution in [2.24, 2.45) is 0 Å². The second kappa shape index (κ2) is 6.21. The second-order valence-electron chi connectivity index (χ2n) is 2.77. The van der Waals surface area contributed by atoms with E-state index >= 15 is 0 Å². The van der Waals surface area contributed by atoms with Gasteiger partial charge < -0.3 is 14.5 Å². The van der Waals surface area contributed by atoms with Gasteiger partial charge in [-0.2, -0.15) is 4.98 Å². The fourth-order valence-corrected chi connectivity index (χ4v) is 0.905. The highest BCUT2D eigenvalue weighted by Gasteiger charge is 2.02. The molecule has 0 fully saturated rings. The summed E-state index contributed by atoms with van der Waals surface area (Å²) in [6.07, 6.45) is 5.75. The van der Waals surface area contributed by atoms with Gasteiger partial charge in [0.1, 0.15) is 12.9 Å². The topological polar surface area (TPSA) is 47.3 Å². The fraction of sp³-hybridized carbons (Fsp3) is 0.500. The molecule has 1 aromatic heterocycles. The van der Waals surface area contributed by atoms with Gasteiger partial charge in [-0.3, -0.25) is 0 Å². The van der Waals surface area contributed by atoms with E-state index in [1.165, 1.54) is 0 Å². The maximum absolute atomic E-state index is 5.21. The number of allylic oxidation sites excluding steroid dienone is 1. The van der Waals surface area contributed by atoms with Crippen molar-refractivity contribution < 1.29 is 9.15 Å². The van der Waals surface area contributed by atoms with Gasteiger partial charge in [0, 0.05) is 6.54 Å². The van der Waals surface area contributed by atoms with Crippen LogP contribution in [0.2, 0.25) is 0 Å². The third-order valence-electron chi connectivity index (χ3n) is 1.63. The molecule has 0 aliphatic heterocycles. The number of rotatable bonds is 6. The molecule has 0 saturated carbocycles. The molecule has 78 valence electrons. The Morgan fingerprint density at radius 3 is 3.21 bits per heavy atom. The first kappa shape index (κ1) is 10.8. The Labute approximate surface area is 84.0 Å². The lowest BCUT2D eigenvalue weighted by Gasteiger charge is -1.95. The van der Waals surface area contributed by atoms with Gasteiger partial charge in [0.25, 0.3) is 0 Å². The van der Waals surface area contributed by atoms with Crippen molar-refractivity contribution in [3.05, 3.63) is 24.1 Å². The van der Waals surface area contributed by atoms with Crippen LogP contribution in [0.15, 0.2) is 22.8 Å². The van der Waals surface area contributed by atoms with E-state index in [0.717, 1.165) is 12.2 Å². The molecule has 0 aliphatic rings. The molecule has 4 nitrogen and oxygen atoms in total. The van der Waals surface area contributed by atoms with Crippen molar-refractivity contribution in [2.75, 3.05) is 13.2 Å². The van der Waals surface area contributed by atoms with E-state index in [1.54, 1.807) is 6.26 Å². The van der Waals surface area contributed by atoms with Crippen LogP contribution in [-0.2, 0) is 6.54 Å². The fourth-order valence-electron chi connectivity index (χ4n) is 0.905. The quantitative estimate of drug-likeness (QED) is 0.704. The summed E-state index contributed by atoms with van der Waals surface area (Å²) in [6.45, 7) is 6.12. The molecule has 1 heterocycles. The van der Waals surface area contributed by atoms with E-state index in [0.29, 0.717) is 19.2 Å². The number of hydrogen-bond acceptors (Lipinski definition) is 4. The van der Waals surface area contributed by atoms with E-state index in [1.807, 2.05) is 26.0 Å². The zero-order chi connectivity index (χ0) is 10.2. The van der Waals surface area contributed by atoms with Crippen LogP contribution in [0.25, 0.3) is 0 Å². The Morgan fingerprint density at radius 2 is 2.50 bits per heavy atom. The zero-order valence-electron chi connectivity index (χ0n) is 8.62. The Bertz CT molecular complexity index is 281. The molecule has 0 unspecified atom stereocenters. The monoisotopic (exact) mass is 196 g/mol. The number of nitrogens with one attached hydrogen (secondary N) is 1. The minimum atomic E-state index is 0.330. The van der Waals surface area contributed by atoms with Crippen LogP contribution < -0.4 is 10.1 Å². The molecule has 0 aromatic carbocycles. The van der Waals surface area contributed by atoms with Crippen LogP contribution >= 0.6 is 0 Å². The highest BCUT2D eigenvalue weighted by molar-refractivity contribution is 4.99. The third kappa shape index (κ3) is 3.62. The SMILES string of the molecule is C/C=C/COc1nc(CNCC)co1. The lowest BCUT2D eigenvalue weighted by atomic mass is 10.5. The average molecular weight is 196 g/mol. The molecule has 4 heteroatoms. The van der Waals surface area contributed by atoms with Gasteiger partial charge >= 0.3 is 6.08 Å². The van der Waals surface area contributed by atoms with Crippen molar-refractivity contribution in [1.29, 1.82) is 0 Å². The highest BCUT2D eigenvalue weighted by Crippen LogP contribution is 2.09. The van der Waals surface area contributed by atoms with Crippen LogP contribution in [0.5, 0.6) is 6.08 Å². The Hall–Kier alpha value is -1.29. The van der Waals surface area contributed by atoms with Gasteiger partial charge in [0.2, 0.25) is 0 Å². The van der Waals surface area contributed by atoms with Crippen LogP contribution in [0.4, 0.5) is 0 Å². The number of nitrogens with zero attached hydrogens (tertiary/aromatic N) is 1. The summed E-state index contributed by atoms with van der Waals surface area (Å²) in [7, 11) is 0. The van der Waals surface area contributed by atoms with Crippen LogP contribution in [0.1, 0.15) is 19.5 Å². The maximum atomic E-state index is 5.21. The molecule has 0 atom stereocenters. The molecular weight excluding hydrogens is 180 g/mol.